The number of hydrogen-bond donors (Lipinski definition) is 0. The Morgan fingerprint density at radius 3 is 2.05 bits per heavy atom. The Kier molecular flexibility index (Phi) is 6.72. The second-order valence-corrected chi connectivity index (χ2v) is 16.5. The molecule has 0 atom stereocenters. The SMILES string of the molecule is CC1(C)c2ccccc2-c2ccc3c4ccccc4n(-c4ccc5c(c4)c4c(-c6nc(-c7ccccc7)c7oc8ccccc8c7n6)cccc4n5-c4ccccc4)c3c21. The molecule has 0 unspecified atom stereocenters. The Morgan fingerprint density at radius 2 is 1.18 bits per heavy atom. The lowest BCUT2D eigenvalue weighted by Crippen LogP contribution is -2.16. The van der Waals surface area contributed by atoms with Gasteiger partial charge in [-0.15, -0.1) is 0 Å². The topological polar surface area (TPSA) is 48.8 Å². The average Bonchev–Trinajstić information content (AvgIpc) is 4.01. The Morgan fingerprint density at radius 1 is 0.483 bits per heavy atom. The predicted molar refractivity (Wildman–Crippen MR) is 246 cm³/mol. The number of benzene rings is 8. The average molecular weight is 769 g/mol. The maximum atomic E-state index is 6.51. The van der Waals surface area contributed by atoms with Crippen molar-refractivity contribution in [3.8, 4) is 45.1 Å². The van der Waals surface area contributed by atoms with Crippen LogP contribution >= 0.6 is 0 Å². The van der Waals surface area contributed by atoms with Crippen molar-refractivity contribution in [2.24, 2.45) is 0 Å². The summed E-state index contributed by atoms with van der Waals surface area (Å²) in [5, 5.41) is 5.71. The summed E-state index contributed by atoms with van der Waals surface area (Å²) in [6, 6.07) is 65.1. The maximum Gasteiger partial charge on any atom is 0.180 e. The number of nitrogens with zero attached hydrogens (tertiary/aromatic N) is 4. The molecule has 1 aliphatic rings. The second kappa shape index (κ2) is 12.1. The predicted octanol–water partition coefficient (Wildman–Crippen LogP) is 14.2. The molecular weight excluding hydrogens is 733 g/mol. The molecule has 0 N–H and O–H groups in total. The van der Waals surface area contributed by atoms with E-state index in [1.807, 2.05) is 36.4 Å². The van der Waals surface area contributed by atoms with Gasteiger partial charge in [0.1, 0.15) is 16.8 Å². The van der Waals surface area contributed by atoms with Crippen LogP contribution in [0, 0.1) is 0 Å². The lowest BCUT2D eigenvalue weighted by atomic mass is 9.81. The normalized spacial score (nSPS) is 13.3. The summed E-state index contributed by atoms with van der Waals surface area (Å²) < 4.78 is 11.4. The van der Waals surface area contributed by atoms with Gasteiger partial charge in [-0.05, 0) is 76.9 Å². The molecule has 12 aromatic rings. The summed E-state index contributed by atoms with van der Waals surface area (Å²) >= 11 is 0. The van der Waals surface area contributed by atoms with Crippen LogP contribution in [0.4, 0.5) is 0 Å². The monoisotopic (exact) mass is 768 g/mol. The van der Waals surface area contributed by atoms with E-state index in [-0.39, 0.29) is 5.41 Å². The number of furan rings is 1. The van der Waals surface area contributed by atoms with E-state index in [1.54, 1.807) is 0 Å². The number of aromatic nitrogens is 4. The van der Waals surface area contributed by atoms with E-state index in [0.29, 0.717) is 11.4 Å². The van der Waals surface area contributed by atoms with Crippen LogP contribution in [0.15, 0.2) is 186 Å². The number of hydrogen-bond acceptors (Lipinski definition) is 3. The smallest absolute Gasteiger partial charge is 0.180 e. The quantitative estimate of drug-likeness (QED) is 0.179. The first-order chi connectivity index (χ1) is 29.5. The molecule has 5 nitrogen and oxygen atoms in total. The van der Waals surface area contributed by atoms with E-state index in [4.69, 9.17) is 14.4 Å². The van der Waals surface area contributed by atoms with E-state index < -0.39 is 0 Å². The van der Waals surface area contributed by atoms with Crippen LogP contribution in [-0.4, -0.2) is 19.1 Å². The van der Waals surface area contributed by atoms with Gasteiger partial charge in [0, 0.05) is 54.8 Å². The summed E-state index contributed by atoms with van der Waals surface area (Å²) in [6.45, 7) is 4.76. The fourth-order valence-electron chi connectivity index (χ4n) is 10.3. The molecule has 0 radical (unpaired) electrons. The van der Waals surface area contributed by atoms with Crippen LogP contribution in [0.1, 0.15) is 25.0 Å². The Hall–Kier alpha value is -7.76. The van der Waals surface area contributed by atoms with Gasteiger partial charge >= 0.3 is 0 Å². The zero-order valence-electron chi connectivity index (χ0n) is 33.0. The highest BCUT2D eigenvalue weighted by molar-refractivity contribution is 6.18. The molecule has 0 saturated carbocycles. The fraction of sp³-hybridized carbons (Fsp3) is 0.0545. The molecule has 4 aromatic heterocycles. The number of para-hydroxylation sites is 3. The largest absolute Gasteiger partial charge is 0.452 e. The standard InChI is InChI=1S/C55H36N4O/c1-55(2)43-24-12-9-20-36(43)38-29-30-39-37-21-10-13-25-44(37)59(52(39)49(38)55)35-28-31-45-42(32-35)48-41(23-15-26-46(48)58(45)34-18-7-4-8-19-34)54-56-50(33-16-5-3-6-17-33)53-51(57-54)40-22-11-14-27-47(40)60-53/h3-32H,1-2H3. The molecular formula is C55H36N4O. The third-order valence-corrected chi connectivity index (χ3v) is 12.9. The highest BCUT2D eigenvalue weighted by atomic mass is 16.3. The molecule has 1 aliphatic carbocycles. The first-order valence-corrected chi connectivity index (χ1v) is 20.6. The van der Waals surface area contributed by atoms with Crippen molar-refractivity contribution in [3.05, 3.63) is 193 Å². The third kappa shape index (κ3) is 4.46. The van der Waals surface area contributed by atoms with Crippen molar-refractivity contribution in [2.45, 2.75) is 19.3 Å². The molecule has 13 rings (SSSR count). The van der Waals surface area contributed by atoms with Crippen LogP contribution in [0.2, 0.25) is 0 Å². The van der Waals surface area contributed by atoms with E-state index in [1.165, 1.54) is 44.1 Å². The minimum atomic E-state index is -0.193. The summed E-state index contributed by atoms with van der Waals surface area (Å²) in [5.74, 6) is 0.658. The lowest BCUT2D eigenvalue weighted by molar-refractivity contribution is 0.664. The van der Waals surface area contributed by atoms with E-state index in [9.17, 15) is 0 Å². The molecule has 0 bridgehead atoms. The van der Waals surface area contributed by atoms with Crippen molar-refractivity contribution in [2.75, 3.05) is 0 Å². The van der Waals surface area contributed by atoms with E-state index in [0.717, 1.165) is 66.5 Å². The lowest BCUT2D eigenvalue weighted by Gasteiger charge is -2.23. The molecule has 0 saturated heterocycles. The Labute approximate surface area is 345 Å². The van der Waals surface area contributed by atoms with Crippen molar-refractivity contribution < 1.29 is 4.42 Å². The van der Waals surface area contributed by atoms with Crippen LogP contribution in [0.5, 0.6) is 0 Å². The van der Waals surface area contributed by atoms with Gasteiger partial charge in [-0.3, -0.25) is 0 Å². The molecule has 282 valence electrons. The van der Waals surface area contributed by atoms with Gasteiger partial charge in [-0.25, -0.2) is 9.97 Å². The van der Waals surface area contributed by atoms with Gasteiger partial charge in [0.2, 0.25) is 0 Å². The zero-order chi connectivity index (χ0) is 39.7. The first kappa shape index (κ1) is 33.2. The second-order valence-electron chi connectivity index (χ2n) is 16.5. The van der Waals surface area contributed by atoms with Crippen LogP contribution in [0.25, 0.3) is 111 Å². The van der Waals surface area contributed by atoms with Crippen molar-refractivity contribution >= 4 is 65.7 Å². The van der Waals surface area contributed by atoms with Crippen molar-refractivity contribution in [1.29, 1.82) is 0 Å². The molecule has 8 aromatic carbocycles. The van der Waals surface area contributed by atoms with Gasteiger partial charge in [-0.1, -0.05) is 141 Å². The summed E-state index contributed by atoms with van der Waals surface area (Å²) in [4.78, 5) is 10.8. The number of rotatable bonds is 4. The molecule has 0 aliphatic heterocycles. The molecule has 60 heavy (non-hydrogen) atoms. The van der Waals surface area contributed by atoms with Gasteiger partial charge in [0.15, 0.2) is 11.4 Å². The van der Waals surface area contributed by atoms with Gasteiger partial charge < -0.3 is 13.6 Å². The molecule has 0 amide bonds. The molecule has 5 heteroatoms. The zero-order valence-corrected chi connectivity index (χ0v) is 33.0. The van der Waals surface area contributed by atoms with E-state index >= 15 is 0 Å². The molecule has 0 fully saturated rings. The van der Waals surface area contributed by atoms with Gasteiger partial charge in [0.05, 0.1) is 22.1 Å². The van der Waals surface area contributed by atoms with Crippen molar-refractivity contribution in [1.82, 2.24) is 19.1 Å². The maximum absolute atomic E-state index is 6.51. The minimum absolute atomic E-state index is 0.193. The first-order valence-electron chi connectivity index (χ1n) is 20.6. The minimum Gasteiger partial charge on any atom is -0.452 e. The fourth-order valence-corrected chi connectivity index (χ4v) is 10.3. The van der Waals surface area contributed by atoms with Crippen LogP contribution < -0.4 is 0 Å². The molecule has 0 spiro atoms. The summed E-state index contributed by atoms with van der Waals surface area (Å²) in [5.41, 5.74) is 17.0. The third-order valence-electron chi connectivity index (χ3n) is 12.9. The van der Waals surface area contributed by atoms with Crippen molar-refractivity contribution in [3.63, 3.8) is 0 Å². The van der Waals surface area contributed by atoms with Crippen LogP contribution in [-0.2, 0) is 5.41 Å². The molecule has 4 heterocycles. The Balaban J connectivity index is 1.15. The van der Waals surface area contributed by atoms with Gasteiger partial charge in [0.25, 0.3) is 0 Å². The summed E-state index contributed by atoms with van der Waals surface area (Å²) in [7, 11) is 0. The van der Waals surface area contributed by atoms with Crippen LogP contribution in [0.3, 0.4) is 0 Å². The van der Waals surface area contributed by atoms with E-state index in [2.05, 4.69) is 169 Å². The summed E-state index contributed by atoms with van der Waals surface area (Å²) in [6.07, 6.45) is 0. The highest BCUT2D eigenvalue weighted by Gasteiger charge is 2.38. The van der Waals surface area contributed by atoms with Gasteiger partial charge in [-0.2, -0.15) is 0 Å². The highest BCUT2D eigenvalue weighted by Crippen LogP contribution is 2.53. The Bertz CT molecular complexity index is 3740. The number of fused-ring (bicyclic) bond motifs is 13.